The lowest BCUT2D eigenvalue weighted by atomic mass is 9.89. The lowest BCUT2D eigenvalue weighted by Gasteiger charge is -2.41. The maximum atomic E-state index is 14.0. The zero-order chi connectivity index (χ0) is 23.7. The predicted molar refractivity (Wildman–Crippen MR) is 114 cm³/mol. The van der Waals surface area contributed by atoms with Crippen LogP contribution in [0.25, 0.3) is 11.3 Å². The van der Waals surface area contributed by atoms with E-state index in [2.05, 4.69) is 15.4 Å². The van der Waals surface area contributed by atoms with Crippen molar-refractivity contribution in [3.8, 4) is 11.3 Å². The number of benzene rings is 1. The highest BCUT2D eigenvalue weighted by Crippen LogP contribution is 2.30. The normalized spacial score (nSPS) is 21.8. The molecule has 2 amide bonds. The van der Waals surface area contributed by atoms with Crippen LogP contribution in [0.4, 0.5) is 13.2 Å². The largest absolute Gasteiger partial charge is 0.355 e. The summed E-state index contributed by atoms with van der Waals surface area (Å²) >= 11 is 0. The Morgan fingerprint density at radius 2 is 1.76 bits per heavy atom. The first-order valence-electron chi connectivity index (χ1n) is 11.1. The molecule has 0 radical (unpaired) electrons. The second-order valence-electron chi connectivity index (χ2n) is 8.96. The van der Waals surface area contributed by atoms with Crippen LogP contribution in [-0.2, 0) is 4.79 Å². The molecular formula is C23H27F3N4O3. The van der Waals surface area contributed by atoms with Gasteiger partial charge in [0, 0.05) is 57.5 Å². The van der Waals surface area contributed by atoms with Gasteiger partial charge in [0.05, 0.1) is 11.5 Å². The molecule has 1 aromatic carbocycles. The fourth-order valence-electron chi connectivity index (χ4n) is 4.85. The summed E-state index contributed by atoms with van der Waals surface area (Å²) in [6.45, 7) is 1.32. The Labute approximate surface area is 189 Å². The number of hydrogen-bond donors (Lipinski definition) is 1. The molecule has 2 aliphatic rings. The van der Waals surface area contributed by atoms with Crippen LogP contribution in [0.3, 0.4) is 0 Å². The van der Waals surface area contributed by atoms with Gasteiger partial charge in [0.15, 0.2) is 11.5 Å². The maximum absolute atomic E-state index is 14.0. The number of nitrogens with zero attached hydrogens (tertiary/aromatic N) is 3. The molecule has 7 nitrogen and oxygen atoms in total. The Bertz CT molecular complexity index is 1010. The van der Waals surface area contributed by atoms with E-state index in [0.717, 1.165) is 25.5 Å². The third kappa shape index (κ3) is 4.90. The van der Waals surface area contributed by atoms with E-state index in [1.165, 1.54) is 17.7 Å². The second kappa shape index (κ2) is 9.54. The topological polar surface area (TPSA) is 78.7 Å². The molecule has 0 unspecified atom stereocenters. The monoisotopic (exact) mass is 464 g/mol. The van der Waals surface area contributed by atoms with Crippen molar-refractivity contribution in [2.75, 3.05) is 27.2 Å². The van der Waals surface area contributed by atoms with Crippen molar-refractivity contribution in [3.63, 3.8) is 0 Å². The van der Waals surface area contributed by atoms with Crippen molar-refractivity contribution < 1.29 is 27.3 Å². The number of carbonyl (C=O) groups excluding carboxylic acids is 2. The van der Waals surface area contributed by atoms with E-state index in [1.807, 2.05) is 0 Å². The molecule has 2 fully saturated rings. The van der Waals surface area contributed by atoms with E-state index in [-0.39, 0.29) is 17.4 Å². The summed E-state index contributed by atoms with van der Waals surface area (Å²) in [5.41, 5.74) is -0.782. The first kappa shape index (κ1) is 23.3. The standard InChI is InChI=1S/C23H27F3N4O3/c1-29(2)23(32)15-12-30(14-5-3-4-6-14)8-7-18(15)27-22(31)19-11-20(33-28-19)21-16(25)9-13(24)10-17(21)26/h9-11,14-15,18H,3-8,12H2,1-2H3,(H,27,31)/t15-,18-/m1/s1. The summed E-state index contributed by atoms with van der Waals surface area (Å²) in [6.07, 6.45) is 5.23. The quantitative estimate of drug-likeness (QED) is 0.735. The number of likely N-dealkylation sites (tertiary alicyclic amines) is 1. The molecule has 2 heterocycles. The van der Waals surface area contributed by atoms with E-state index in [1.54, 1.807) is 14.1 Å². The van der Waals surface area contributed by atoms with Gasteiger partial charge in [0.25, 0.3) is 5.91 Å². The predicted octanol–water partition coefficient (Wildman–Crippen LogP) is 3.21. The zero-order valence-electron chi connectivity index (χ0n) is 18.6. The SMILES string of the molecule is CN(C)C(=O)[C@@H]1CN(C2CCCC2)CC[C@H]1NC(=O)c1cc(-c2c(F)cc(F)cc2F)on1. The number of aromatic nitrogens is 1. The van der Waals surface area contributed by atoms with Crippen molar-refractivity contribution in [1.82, 2.24) is 20.3 Å². The Morgan fingerprint density at radius 3 is 2.39 bits per heavy atom. The highest BCUT2D eigenvalue weighted by molar-refractivity contribution is 5.94. The van der Waals surface area contributed by atoms with Crippen LogP contribution in [0.2, 0.25) is 0 Å². The van der Waals surface area contributed by atoms with Crippen molar-refractivity contribution in [2.24, 2.45) is 5.92 Å². The number of nitrogens with one attached hydrogen (secondary N) is 1. The lowest BCUT2D eigenvalue weighted by Crippen LogP contribution is -2.57. The Kier molecular flexibility index (Phi) is 6.73. The van der Waals surface area contributed by atoms with E-state index < -0.39 is 40.9 Å². The summed E-state index contributed by atoms with van der Waals surface area (Å²) in [6, 6.07) is 2.21. The van der Waals surface area contributed by atoms with Crippen LogP contribution in [0.1, 0.15) is 42.6 Å². The van der Waals surface area contributed by atoms with Gasteiger partial charge in [-0.2, -0.15) is 0 Å². The first-order chi connectivity index (χ1) is 15.7. The molecule has 1 saturated heterocycles. The molecule has 10 heteroatoms. The molecule has 1 aromatic heterocycles. The van der Waals surface area contributed by atoms with Gasteiger partial charge in [-0.25, -0.2) is 13.2 Å². The lowest BCUT2D eigenvalue weighted by molar-refractivity contribution is -0.136. The number of amides is 2. The minimum absolute atomic E-state index is 0.0701. The van der Waals surface area contributed by atoms with Crippen LogP contribution in [0, 0.1) is 23.4 Å². The van der Waals surface area contributed by atoms with Gasteiger partial charge < -0.3 is 14.7 Å². The summed E-state index contributed by atoms with van der Waals surface area (Å²) < 4.78 is 46.2. The van der Waals surface area contributed by atoms with Crippen molar-refractivity contribution >= 4 is 11.8 Å². The van der Waals surface area contributed by atoms with E-state index >= 15 is 0 Å². The summed E-state index contributed by atoms with van der Waals surface area (Å²) in [4.78, 5) is 29.6. The van der Waals surface area contributed by atoms with Crippen molar-refractivity contribution in [1.29, 1.82) is 0 Å². The molecule has 1 saturated carbocycles. The van der Waals surface area contributed by atoms with Gasteiger partial charge in [-0.15, -0.1) is 0 Å². The smallest absolute Gasteiger partial charge is 0.273 e. The first-order valence-corrected chi connectivity index (χ1v) is 11.1. The van der Waals surface area contributed by atoms with Crippen LogP contribution < -0.4 is 5.32 Å². The minimum atomic E-state index is -1.16. The van der Waals surface area contributed by atoms with E-state index in [0.29, 0.717) is 31.1 Å². The summed E-state index contributed by atoms with van der Waals surface area (Å²) in [5, 5.41) is 6.48. The Balaban J connectivity index is 1.49. The number of piperidine rings is 1. The molecular weight excluding hydrogens is 437 g/mol. The molecule has 2 atom stereocenters. The van der Waals surface area contributed by atoms with Crippen LogP contribution in [0.15, 0.2) is 22.7 Å². The van der Waals surface area contributed by atoms with E-state index in [4.69, 9.17) is 4.52 Å². The molecule has 1 aliphatic carbocycles. The fourth-order valence-corrected chi connectivity index (χ4v) is 4.85. The van der Waals surface area contributed by atoms with Gasteiger partial charge in [0.2, 0.25) is 5.91 Å². The van der Waals surface area contributed by atoms with Gasteiger partial charge >= 0.3 is 0 Å². The third-order valence-corrected chi connectivity index (χ3v) is 6.56. The second-order valence-corrected chi connectivity index (χ2v) is 8.96. The number of halogens is 3. The molecule has 4 rings (SSSR count). The maximum Gasteiger partial charge on any atom is 0.273 e. The fraction of sp³-hybridized carbons (Fsp3) is 0.522. The Morgan fingerprint density at radius 1 is 1.09 bits per heavy atom. The zero-order valence-corrected chi connectivity index (χ0v) is 18.6. The Hall–Kier alpha value is -2.88. The average Bonchev–Trinajstić information content (AvgIpc) is 3.45. The van der Waals surface area contributed by atoms with Gasteiger partial charge in [-0.3, -0.25) is 14.5 Å². The van der Waals surface area contributed by atoms with Gasteiger partial charge in [0.1, 0.15) is 17.5 Å². The van der Waals surface area contributed by atoms with Gasteiger partial charge in [-0.1, -0.05) is 18.0 Å². The van der Waals surface area contributed by atoms with Crippen molar-refractivity contribution in [3.05, 3.63) is 41.3 Å². The molecule has 2 aromatic rings. The molecule has 0 spiro atoms. The average molecular weight is 464 g/mol. The summed E-state index contributed by atoms with van der Waals surface area (Å²) in [5.74, 6) is -4.81. The summed E-state index contributed by atoms with van der Waals surface area (Å²) in [7, 11) is 3.37. The van der Waals surface area contributed by atoms with Crippen molar-refractivity contribution in [2.45, 2.75) is 44.2 Å². The molecule has 178 valence electrons. The van der Waals surface area contributed by atoms with Crippen LogP contribution in [0.5, 0.6) is 0 Å². The molecule has 33 heavy (non-hydrogen) atoms. The van der Waals surface area contributed by atoms with Crippen LogP contribution in [-0.4, -0.2) is 66.0 Å². The van der Waals surface area contributed by atoms with Crippen LogP contribution >= 0.6 is 0 Å². The number of hydrogen-bond acceptors (Lipinski definition) is 5. The molecule has 1 aliphatic heterocycles. The highest BCUT2D eigenvalue weighted by atomic mass is 19.1. The van der Waals surface area contributed by atoms with Gasteiger partial charge in [-0.05, 0) is 19.3 Å². The highest BCUT2D eigenvalue weighted by Gasteiger charge is 2.39. The van der Waals surface area contributed by atoms with E-state index in [9.17, 15) is 22.8 Å². The third-order valence-electron chi connectivity index (χ3n) is 6.56. The minimum Gasteiger partial charge on any atom is -0.355 e. The number of rotatable bonds is 5. The number of carbonyl (C=O) groups is 2. The molecule has 1 N–H and O–H groups in total. The molecule has 0 bridgehead atoms.